The number of ether oxygens (including phenoxy) is 1. The van der Waals surface area contributed by atoms with Gasteiger partial charge in [-0.15, -0.1) is 0 Å². The third-order valence-electron chi connectivity index (χ3n) is 4.10. The minimum Gasteiger partial charge on any atom is -0.474 e. The third kappa shape index (κ3) is 3.36. The summed E-state index contributed by atoms with van der Waals surface area (Å²) >= 11 is 0. The maximum Gasteiger partial charge on any atom is 0.272 e. The molecule has 1 heterocycles. The second-order valence-corrected chi connectivity index (χ2v) is 6.28. The highest BCUT2D eigenvalue weighted by molar-refractivity contribution is 6.01. The molecule has 0 aromatic heterocycles. The average molecular weight is 325 g/mol. The number of carbonyl (C=O) groups excluding carboxylic acids is 1. The van der Waals surface area contributed by atoms with E-state index in [9.17, 15) is 4.79 Å². The summed E-state index contributed by atoms with van der Waals surface area (Å²) in [6.07, 6.45) is 0.274. The van der Waals surface area contributed by atoms with E-state index in [2.05, 4.69) is 4.90 Å². The Hall–Kier alpha value is -2.53. The van der Waals surface area contributed by atoms with Crippen molar-refractivity contribution in [1.82, 2.24) is 4.90 Å². The molecule has 1 unspecified atom stereocenters. The molecule has 2 aromatic carbocycles. The Morgan fingerprint density at radius 2 is 1.92 bits per heavy atom. The molecule has 0 radical (unpaired) electrons. The first-order chi connectivity index (χ1) is 11.6. The molecule has 1 aliphatic heterocycles. The molecule has 24 heavy (non-hydrogen) atoms. The van der Waals surface area contributed by atoms with Gasteiger partial charge in [0.05, 0.1) is 5.69 Å². The quantitative estimate of drug-likeness (QED) is 0.859. The average Bonchev–Trinajstić information content (AvgIpc) is 2.57. The van der Waals surface area contributed by atoms with Crippen LogP contribution in [-0.2, 0) is 4.79 Å². The van der Waals surface area contributed by atoms with E-state index in [4.69, 9.17) is 10.5 Å². The van der Waals surface area contributed by atoms with E-state index in [1.54, 1.807) is 11.0 Å². The molecule has 2 N–H and O–H groups in total. The highest BCUT2D eigenvalue weighted by atomic mass is 16.5. The lowest BCUT2D eigenvalue weighted by Gasteiger charge is -2.35. The smallest absolute Gasteiger partial charge is 0.272 e. The number of carbonyl (C=O) groups is 1. The predicted molar refractivity (Wildman–Crippen MR) is 96.2 cm³/mol. The fourth-order valence-electron chi connectivity index (χ4n) is 2.90. The Balaban J connectivity index is 1.92. The van der Waals surface area contributed by atoms with Gasteiger partial charge in [-0.3, -0.25) is 4.79 Å². The number of fused-ring (bicyclic) bond motifs is 1. The molecule has 2 aromatic rings. The summed E-state index contributed by atoms with van der Waals surface area (Å²) in [7, 11) is 4.06. The zero-order chi connectivity index (χ0) is 17.1. The van der Waals surface area contributed by atoms with Gasteiger partial charge in [-0.05, 0) is 45.3 Å². The molecule has 5 nitrogen and oxygen atoms in total. The maximum absolute atomic E-state index is 13.0. The van der Waals surface area contributed by atoms with Crippen molar-refractivity contribution in [2.45, 2.75) is 12.5 Å². The molecule has 126 valence electrons. The van der Waals surface area contributed by atoms with Gasteiger partial charge >= 0.3 is 0 Å². The molecule has 0 saturated heterocycles. The minimum atomic E-state index is -0.610. The van der Waals surface area contributed by atoms with E-state index in [0.29, 0.717) is 18.0 Å². The van der Waals surface area contributed by atoms with Crippen LogP contribution in [-0.4, -0.2) is 38.0 Å². The van der Waals surface area contributed by atoms with E-state index in [0.717, 1.165) is 24.2 Å². The van der Waals surface area contributed by atoms with Gasteiger partial charge < -0.3 is 20.3 Å². The number of amides is 1. The first-order valence-corrected chi connectivity index (χ1v) is 8.13. The van der Waals surface area contributed by atoms with Gasteiger partial charge in [0.25, 0.3) is 5.91 Å². The molecule has 1 aliphatic rings. The maximum atomic E-state index is 13.0. The zero-order valence-corrected chi connectivity index (χ0v) is 14.1. The van der Waals surface area contributed by atoms with E-state index in [1.165, 1.54) is 0 Å². The number of nitrogen functional groups attached to an aromatic ring is 1. The monoisotopic (exact) mass is 325 g/mol. The normalized spacial score (nSPS) is 16.9. The summed E-state index contributed by atoms with van der Waals surface area (Å²) in [6, 6.07) is 15.1. The molecule has 1 amide bonds. The number of benzene rings is 2. The minimum absolute atomic E-state index is 0.0435. The summed E-state index contributed by atoms with van der Waals surface area (Å²) < 4.78 is 5.99. The topological polar surface area (TPSA) is 58.8 Å². The number of hydrogen-bond acceptors (Lipinski definition) is 4. The van der Waals surface area contributed by atoms with Crippen molar-refractivity contribution in [1.29, 1.82) is 0 Å². The SMILES string of the molecule is CN(C)CCCN1C(=O)C(c2ccccc2)Oc2ccc(N)cc21. The number of hydrogen-bond donors (Lipinski definition) is 1. The summed E-state index contributed by atoms with van der Waals surface area (Å²) in [5.41, 5.74) is 8.16. The van der Waals surface area contributed by atoms with Crippen LogP contribution >= 0.6 is 0 Å². The van der Waals surface area contributed by atoms with Crippen molar-refractivity contribution in [3.8, 4) is 5.75 Å². The predicted octanol–water partition coefficient (Wildman–Crippen LogP) is 2.69. The highest BCUT2D eigenvalue weighted by Crippen LogP contribution is 2.40. The standard InChI is InChI=1S/C19H23N3O2/c1-21(2)11-6-12-22-16-13-15(20)9-10-17(16)24-18(19(22)23)14-7-4-3-5-8-14/h3-5,7-10,13,18H,6,11-12,20H2,1-2H3. The van der Waals surface area contributed by atoms with Crippen LogP contribution in [0.4, 0.5) is 11.4 Å². The molecule has 5 heteroatoms. The molecule has 1 atom stereocenters. The molecular weight excluding hydrogens is 302 g/mol. The van der Waals surface area contributed by atoms with Crippen molar-refractivity contribution in [2.75, 3.05) is 37.8 Å². The first-order valence-electron chi connectivity index (χ1n) is 8.13. The lowest BCUT2D eigenvalue weighted by molar-refractivity contribution is -0.126. The summed E-state index contributed by atoms with van der Waals surface area (Å²) in [4.78, 5) is 16.9. The van der Waals surface area contributed by atoms with E-state index >= 15 is 0 Å². The van der Waals surface area contributed by atoms with Crippen LogP contribution in [0.1, 0.15) is 18.1 Å². The van der Waals surface area contributed by atoms with Crippen molar-refractivity contribution < 1.29 is 9.53 Å². The van der Waals surface area contributed by atoms with Crippen LogP contribution in [0.3, 0.4) is 0 Å². The number of anilines is 2. The van der Waals surface area contributed by atoms with Crippen LogP contribution in [0.5, 0.6) is 5.75 Å². The van der Waals surface area contributed by atoms with Gasteiger partial charge in [0, 0.05) is 17.8 Å². The Bertz CT molecular complexity index is 716. The lowest BCUT2D eigenvalue weighted by Crippen LogP contribution is -2.42. The Morgan fingerprint density at radius 3 is 2.62 bits per heavy atom. The second kappa shape index (κ2) is 6.93. The van der Waals surface area contributed by atoms with Gasteiger partial charge in [0.2, 0.25) is 6.10 Å². The zero-order valence-electron chi connectivity index (χ0n) is 14.1. The summed E-state index contributed by atoms with van der Waals surface area (Å²) in [6.45, 7) is 1.55. The Kier molecular flexibility index (Phi) is 4.71. The van der Waals surface area contributed by atoms with Crippen LogP contribution in [0.25, 0.3) is 0 Å². The van der Waals surface area contributed by atoms with Crippen molar-refractivity contribution in [3.05, 3.63) is 54.1 Å². The van der Waals surface area contributed by atoms with Crippen molar-refractivity contribution in [3.63, 3.8) is 0 Å². The molecule has 3 rings (SSSR count). The van der Waals surface area contributed by atoms with Gasteiger partial charge in [0.15, 0.2) is 0 Å². The first kappa shape index (κ1) is 16.3. The molecule has 0 bridgehead atoms. The van der Waals surface area contributed by atoms with Gasteiger partial charge in [0.1, 0.15) is 5.75 Å². The van der Waals surface area contributed by atoms with Gasteiger partial charge in [-0.25, -0.2) is 0 Å². The van der Waals surface area contributed by atoms with Crippen LogP contribution in [0.2, 0.25) is 0 Å². The van der Waals surface area contributed by atoms with E-state index in [-0.39, 0.29) is 5.91 Å². The Labute approximate surface area is 142 Å². The van der Waals surface area contributed by atoms with E-state index in [1.807, 2.05) is 56.6 Å². The summed E-state index contributed by atoms with van der Waals surface area (Å²) in [5.74, 6) is 0.653. The molecule has 0 saturated carbocycles. The Morgan fingerprint density at radius 1 is 1.17 bits per heavy atom. The van der Waals surface area contributed by atoms with Crippen molar-refractivity contribution >= 4 is 17.3 Å². The van der Waals surface area contributed by atoms with Crippen LogP contribution in [0, 0.1) is 0 Å². The number of rotatable bonds is 5. The van der Waals surface area contributed by atoms with Gasteiger partial charge in [-0.2, -0.15) is 0 Å². The fraction of sp³-hybridized carbons (Fsp3) is 0.316. The number of nitrogens with two attached hydrogens (primary N) is 1. The molecule has 0 fully saturated rings. The number of nitrogens with zero attached hydrogens (tertiary/aromatic N) is 2. The largest absolute Gasteiger partial charge is 0.474 e. The highest BCUT2D eigenvalue weighted by Gasteiger charge is 2.35. The molecule has 0 spiro atoms. The third-order valence-corrected chi connectivity index (χ3v) is 4.10. The molecule has 0 aliphatic carbocycles. The fourth-order valence-corrected chi connectivity index (χ4v) is 2.90. The lowest BCUT2D eigenvalue weighted by atomic mass is 10.0. The van der Waals surface area contributed by atoms with Crippen molar-refractivity contribution in [2.24, 2.45) is 0 Å². The second-order valence-electron chi connectivity index (χ2n) is 6.28. The van der Waals surface area contributed by atoms with Crippen LogP contribution < -0.4 is 15.4 Å². The van der Waals surface area contributed by atoms with Crippen LogP contribution in [0.15, 0.2) is 48.5 Å². The molecular formula is C19H23N3O2. The summed E-state index contributed by atoms with van der Waals surface area (Å²) in [5, 5.41) is 0. The van der Waals surface area contributed by atoms with E-state index < -0.39 is 6.10 Å². The van der Waals surface area contributed by atoms with Gasteiger partial charge in [-0.1, -0.05) is 30.3 Å².